The SMILES string of the molecule is CCOC(O[Si](C)(C)C)C1CC=CC1. The third-order valence-electron chi connectivity index (χ3n) is 2.23. The lowest BCUT2D eigenvalue weighted by atomic mass is 10.1. The van der Waals surface area contributed by atoms with Gasteiger partial charge in [0.15, 0.2) is 14.6 Å². The average molecular weight is 214 g/mol. The fraction of sp³-hybridized carbons (Fsp3) is 0.818. The van der Waals surface area contributed by atoms with Gasteiger partial charge in [0.25, 0.3) is 0 Å². The largest absolute Gasteiger partial charge is 0.393 e. The molecular weight excluding hydrogens is 192 g/mol. The summed E-state index contributed by atoms with van der Waals surface area (Å²) in [6.07, 6.45) is 6.68. The molecule has 0 aliphatic heterocycles. The van der Waals surface area contributed by atoms with E-state index in [4.69, 9.17) is 9.16 Å². The molecule has 0 amide bonds. The second kappa shape index (κ2) is 5.10. The first-order valence-electron chi connectivity index (χ1n) is 5.47. The molecule has 0 aromatic heterocycles. The third kappa shape index (κ3) is 3.94. The molecule has 0 N–H and O–H groups in total. The lowest BCUT2D eigenvalue weighted by molar-refractivity contribution is -0.114. The van der Waals surface area contributed by atoms with E-state index in [2.05, 4.69) is 31.8 Å². The van der Waals surface area contributed by atoms with Gasteiger partial charge in [-0.1, -0.05) is 12.2 Å². The highest BCUT2D eigenvalue weighted by atomic mass is 28.4. The van der Waals surface area contributed by atoms with E-state index in [9.17, 15) is 0 Å². The van der Waals surface area contributed by atoms with Crippen molar-refractivity contribution in [3.05, 3.63) is 12.2 Å². The Morgan fingerprint density at radius 1 is 1.29 bits per heavy atom. The molecule has 1 rings (SSSR count). The molecule has 3 heteroatoms. The summed E-state index contributed by atoms with van der Waals surface area (Å²) in [7, 11) is -1.48. The van der Waals surface area contributed by atoms with Crippen LogP contribution in [0.1, 0.15) is 19.8 Å². The van der Waals surface area contributed by atoms with Gasteiger partial charge in [-0.3, -0.25) is 0 Å². The molecule has 0 saturated carbocycles. The topological polar surface area (TPSA) is 18.5 Å². The molecule has 1 unspecified atom stereocenters. The molecule has 1 atom stereocenters. The molecular formula is C11H22O2Si. The summed E-state index contributed by atoms with van der Waals surface area (Å²) in [5.41, 5.74) is 0. The number of hydrogen-bond donors (Lipinski definition) is 0. The van der Waals surface area contributed by atoms with Crippen LogP contribution in [0, 0.1) is 5.92 Å². The van der Waals surface area contributed by atoms with Gasteiger partial charge in [0.05, 0.1) is 0 Å². The van der Waals surface area contributed by atoms with Crippen LogP contribution in [0.15, 0.2) is 12.2 Å². The van der Waals surface area contributed by atoms with Crippen molar-refractivity contribution in [3.8, 4) is 0 Å². The first-order chi connectivity index (χ1) is 6.53. The smallest absolute Gasteiger partial charge is 0.187 e. The Morgan fingerprint density at radius 3 is 2.29 bits per heavy atom. The highest BCUT2D eigenvalue weighted by Crippen LogP contribution is 2.26. The Bertz CT molecular complexity index is 188. The van der Waals surface area contributed by atoms with Gasteiger partial charge in [-0.2, -0.15) is 0 Å². The van der Waals surface area contributed by atoms with Crippen molar-refractivity contribution in [1.29, 1.82) is 0 Å². The van der Waals surface area contributed by atoms with Gasteiger partial charge in [0, 0.05) is 12.5 Å². The zero-order valence-electron chi connectivity index (χ0n) is 9.75. The molecule has 1 aliphatic rings. The molecule has 1 aliphatic carbocycles. The van der Waals surface area contributed by atoms with Crippen molar-refractivity contribution in [2.45, 2.75) is 45.7 Å². The predicted molar refractivity (Wildman–Crippen MR) is 61.7 cm³/mol. The van der Waals surface area contributed by atoms with Gasteiger partial charge in [0.1, 0.15) is 0 Å². The minimum Gasteiger partial charge on any atom is -0.393 e. The Balaban J connectivity index is 2.46. The minimum absolute atomic E-state index is 0.0154. The van der Waals surface area contributed by atoms with E-state index >= 15 is 0 Å². The maximum Gasteiger partial charge on any atom is 0.187 e. The van der Waals surface area contributed by atoms with Crippen LogP contribution in [0.3, 0.4) is 0 Å². The number of rotatable bonds is 5. The molecule has 0 aromatic carbocycles. The second-order valence-electron chi connectivity index (χ2n) is 4.76. The standard InChI is InChI=1S/C11H22O2Si/c1-5-12-11(13-14(2,3)4)10-8-6-7-9-10/h6-7,10-11H,5,8-9H2,1-4H3. The van der Waals surface area contributed by atoms with Crippen LogP contribution in [0.25, 0.3) is 0 Å². The fourth-order valence-electron chi connectivity index (χ4n) is 1.64. The van der Waals surface area contributed by atoms with E-state index in [-0.39, 0.29) is 6.29 Å². The molecule has 0 heterocycles. The summed E-state index contributed by atoms with van der Waals surface area (Å²) in [6, 6.07) is 0. The second-order valence-corrected chi connectivity index (χ2v) is 9.22. The Morgan fingerprint density at radius 2 is 1.86 bits per heavy atom. The van der Waals surface area contributed by atoms with Crippen molar-refractivity contribution in [1.82, 2.24) is 0 Å². The van der Waals surface area contributed by atoms with E-state index in [0.29, 0.717) is 5.92 Å². The van der Waals surface area contributed by atoms with Crippen LogP contribution in [0.2, 0.25) is 19.6 Å². The Hall–Kier alpha value is -0.123. The molecule has 0 bridgehead atoms. The molecule has 0 aromatic rings. The van der Waals surface area contributed by atoms with Gasteiger partial charge in [-0.05, 0) is 39.4 Å². The Labute approximate surface area is 88.4 Å². The van der Waals surface area contributed by atoms with Gasteiger partial charge in [-0.15, -0.1) is 0 Å². The molecule has 0 radical (unpaired) electrons. The van der Waals surface area contributed by atoms with Crippen LogP contribution >= 0.6 is 0 Å². The van der Waals surface area contributed by atoms with Crippen molar-refractivity contribution in [2.75, 3.05) is 6.61 Å². The summed E-state index contributed by atoms with van der Waals surface area (Å²) in [6.45, 7) is 9.40. The summed E-state index contributed by atoms with van der Waals surface area (Å²) in [5.74, 6) is 0.543. The van der Waals surface area contributed by atoms with Crippen LogP contribution in [0.4, 0.5) is 0 Å². The minimum atomic E-state index is -1.48. The molecule has 0 fully saturated rings. The van der Waals surface area contributed by atoms with Gasteiger partial charge < -0.3 is 9.16 Å². The van der Waals surface area contributed by atoms with E-state index in [1.165, 1.54) is 0 Å². The molecule has 82 valence electrons. The van der Waals surface area contributed by atoms with E-state index in [1.807, 2.05) is 6.92 Å². The first kappa shape index (κ1) is 11.9. The predicted octanol–water partition coefficient (Wildman–Crippen LogP) is 3.17. The number of allylic oxidation sites excluding steroid dienone is 2. The monoisotopic (exact) mass is 214 g/mol. The molecule has 0 saturated heterocycles. The summed E-state index contributed by atoms with van der Waals surface area (Å²) >= 11 is 0. The van der Waals surface area contributed by atoms with Crippen molar-refractivity contribution < 1.29 is 9.16 Å². The third-order valence-corrected chi connectivity index (χ3v) is 3.17. The van der Waals surface area contributed by atoms with Crippen molar-refractivity contribution in [2.24, 2.45) is 5.92 Å². The normalized spacial score (nSPS) is 20.3. The highest BCUT2D eigenvalue weighted by Gasteiger charge is 2.28. The number of ether oxygens (including phenoxy) is 1. The lowest BCUT2D eigenvalue weighted by Gasteiger charge is -2.30. The zero-order chi connectivity index (χ0) is 10.6. The molecule has 0 spiro atoms. The van der Waals surface area contributed by atoms with Crippen LogP contribution in [-0.2, 0) is 9.16 Å². The maximum atomic E-state index is 6.04. The van der Waals surface area contributed by atoms with Gasteiger partial charge in [0.2, 0.25) is 0 Å². The summed E-state index contributed by atoms with van der Waals surface area (Å²) in [5, 5.41) is 0. The maximum absolute atomic E-state index is 6.04. The molecule has 2 nitrogen and oxygen atoms in total. The van der Waals surface area contributed by atoms with E-state index in [0.717, 1.165) is 19.4 Å². The first-order valence-corrected chi connectivity index (χ1v) is 8.88. The van der Waals surface area contributed by atoms with Crippen molar-refractivity contribution in [3.63, 3.8) is 0 Å². The van der Waals surface area contributed by atoms with E-state index in [1.54, 1.807) is 0 Å². The zero-order valence-corrected chi connectivity index (χ0v) is 10.7. The van der Waals surface area contributed by atoms with E-state index < -0.39 is 8.32 Å². The van der Waals surface area contributed by atoms with Crippen molar-refractivity contribution >= 4 is 8.32 Å². The average Bonchev–Trinajstić information content (AvgIpc) is 2.52. The quantitative estimate of drug-likeness (QED) is 0.397. The number of hydrogen-bond acceptors (Lipinski definition) is 2. The van der Waals surface area contributed by atoms with Crippen LogP contribution in [0.5, 0.6) is 0 Å². The molecule has 14 heavy (non-hydrogen) atoms. The Kier molecular flexibility index (Phi) is 4.35. The van der Waals surface area contributed by atoms with Gasteiger partial charge in [-0.25, -0.2) is 0 Å². The van der Waals surface area contributed by atoms with Gasteiger partial charge >= 0.3 is 0 Å². The highest BCUT2D eigenvalue weighted by molar-refractivity contribution is 6.69. The fourth-order valence-corrected chi connectivity index (χ4v) is 2.60. The summed E-state index contributed by atoms with van der Waals surface area (Å²) in [4.78, 5) is 0. The summed E-state index contributed by atoms with van der Waals surface area (Å²) < 4.78 is 11.7. The van der Waals surface area contributed by atoms with Crippen LogP contribution in [-0.4, -0.2) is 21.2 Å². The van der Waals surface area contributed by atoms with Crippen LogP contribution < -0.4 is 0 Å². The lowest BCUT2D eigenvalue weighted by Crippen LogP contribution is -2.37.